The van der Waals surface area contributed by atoms with E-state index in [2.05, 4.69) is 0 Å². The van der Waals surface area contributed by atoms with Gasteiger partial charge >= 0.3 is 0 Å². The van der Waals surface area contributed by atoms with Crippen molar-refractivity contribution in [3.05, 3.63) is 58.7 Å². The number of hydrogen-bond donors (Lipinski definition) is 2. The first kappa shape index (κ1) is 13.9. The first-order valence-corrected chi connectivity index (χ1v) is 6.74. The van der Waals surface area contributed by atoms with Crippen LogP contribution in [0.3, 0.4) is 0 Å². The van der Waals surface area contributed by atoms with Gasteiger partial charge in [-0.1, -0.05) is 42.8 Å². The zero-order valence-electron chi connectivity index (χ0n) is 10.8. The number of aliphatic hydroxyl groups is 1. The number of aromatic hydroxyl groups is 1. The Morgan fingerprint density at radius 2 is 2.26 bits per heavy atom. The van der Waals surface area contributed by atoms with Gasteiger partial charge in [-0.3, -0.25) is 0 Å². The standard InChI is InChI=1S/C16H17ClO2/c1-2-12(9-11-3-6-14(18)7-4-11)15-10-13(17)5-8-16(15)19/h3-6,8-10,14,18-19H,2,7H2,1H3/b12-9+. The molecule has 0 heterocycles. The number of rotatable bonds is 3. The lowest BCUT2D eigenvalue weighted by Crippen LogP contribution is -2.03. The maximum Gasteiger partial charge on any atom is 0.123 e. The summed E-state index contributed by atoms with van der Waals surface area (Å²) in [5.41, 5.74) is 2.82. The summed E-state index contributed by atoms with van der Waals surface area (Å²) >= 11 is 5.98. The van der Waals surface area contributed by atoms with Crippen molar-refractivity contribution in [2.45, 2.75) is 25.9 Å². The molecule has 0 aliphatic heterocycles. The molecule has 1 atom stereocenters. The third-order valence-electron chi connectivity index (χ3n) is 3.13. The van der Waals surface area contributed by atoms with Crippen LogP contribution in [0.2, 0.25) is 5.02 Å². The number of phenols is 1. The van der Waals surface area contributed by atoms with Crippen molar-refractivity contribution in [3.8, 4) is 5.75 Å². The number of hydrogen-bond acceptors (Lipinski definition) is 2. The van der Waals surface area contributed by atoms with E-state index in [0.29, 0.717) is 11.4 Å². The van der Waals surface area contributed by atoms with Crippen LogP contribution in [-0.2, 0) is 0 Å². The van der Waals surface area contributed by atoms with Crippen molar-refractivity contribution < 1.29 is 10.2 Å². The van der Waals surface area contributed by atoms with Gasteiger partial charge in [0.1, 0.15) is 5.75 Å². The lowest BCUT2D eigenvalue weighted by atomic mass is 9.97. The number of halogens is 1. The van der Waals surface area contributed by atoms with Crippen LogP contribution in [0.15, 0.2) is 48.1 Å². The van der Waals surface area contributed by atoms with Crippen LogP contribution < -0.4 is 0 Å². The van der Waals surface area contributed by atoms with E-state index in [1.54, 1.807) is 24.3 Å². The fraction of sp³-hybridized carbons (Fsp3) is 0.250. The highest BCUT2D eigenvalue weighted by Gasteiger charge is 2.09. The minimum absolute atomic E-state index is 0.234. The second kappa shape index (κ2) is 6.09. The number of benzene rings is 1. The molecular weight excluding hydrogens is 260 g/mol. The summed E-state index contributed by atoms with van der Waals surface area (Å²) in [7, 11) is 0. The molecule has 0 saturated carbocycles. The average molecular weight is 277 g/mol. The fourth-order valence-electron chi connectivity index (χ4n) is 2.07. The Labute approximate surface area is 118 Å². The predicted molar refractivity (Wildman–Crippen MR) is 79.2 cm³/mol. The van der Waals surface area contributed by atoms with E-state index in [9.17, 15) is 10.2 Å². The summed E-state index contributed by atoms with van der Waals surface area (Å²) < 4.78 is 0. The van der Waals surface area contributed by atoms with Crippen LogP contribution in [0.25, 0.3) is 5.57 Å². The van der Waals surface area contributed by atoms with Gasteiger partial charge in [-0.15, -0.1) is 0 Å². The Hall–Kier alpha value is -1.51. The third-order valence-corrected chi connectivity index (χ3v) is 3.37. The topological polar surface area (TPSA) is 40.5 Å². The van der Waals surface area contributed by atoms with Crippen LogP contribution in [0.1, 0.15) is 25.3 Å². The van der Waals surface area contributed by atoms with Crippen molar-refractivity contribution in [1.82, 2.24) is 0 Å². The lowest BCUT2D eigenvalue weighted by molar-refractivity contribution is 0.225. The van der Waals surface area contributed by atoms with E-state index in [1.165, 1.54) is 0 Å². The first-order valence-electron chi connectivity index (χ1n) is 6.36. The van der Waals surface area contributed by atoms with Gasteiger partial charge in [0.05, 0.1) is 6.10 Å². The zero-order chi connectivity index (χ0) is 13.8. The first-order chi connectivity index (χ1) is 9.10. The van der Waals surface area contributed by atoms with Gasteiger partial charge < -0.3 is 10.2 Å². The number of aliphatic hydroxyl groups excluding tert-OH is 1. The third kappa shape index (κ3) is 3.49. The Bertz CT molecular complexity index is 556. The van der Waals surface area contributed by atoms with Gasteiger partial charge in [-0.25, -0.2) is 0 Å². The van der Waals surface area contributed by atoms with Crippen molar-refractivity contribution >= 4 is 17.2 Å². The summed E-state index contributed by atoms with van der Waals surface area (Å²) in [6.07, 6.45) is 8.71. The van der Waals surface area contributed by atoms with Crippen LogP contribution in [-0.4, -0.2) is 16.3 Å². The molecule has 0 aromatic heterocycles. The highest BCUT2D eigenvalue weighted by molar-refractivity contribution is 6.30. The second-order valence-electron chi connectivity index (χ2n) is 4.55. The smallest absolute Gasteiger partial charge is 0.123 e. The SMILES string of the molecule is CC/C(=C\C1=CCC(O)C=C1)c1cc(Cl)ccc1O. The molecule has 2 N–H and O–H groups in total. The fourth-order valence-corrected chi connectivity index (χ4v) is 2.24. The summed E-state index contributed by atoms with van der Waals surface area (Å²) in [5, 5.41) is 19.9. The molecule has 2 rings (SSSR count). The normalized spacial score (nSPS) is 19.4. The molecule has 2 nitrogen and oxygen atoms in total. The molecule has 0 saturated heterocycles. The van der Waals surface area contributed by atoms with Gasteiger partial charge in [-0.2, -0.15) is 0 Å². The van der Waals surface area contributed by atoms with Crippen LogP contribution in [0.5, 0.6) is 5.75 Å². The monoisotopic (exact) mass is 276 g/mol. The molecule has 1 aromatic carbocycles. The average Bonchev–Trinajstić information content (AvgIpc) is 2.41. The molecule has 0 fully saturated rings. The number of phenolic OH excluding ortho intramolecular Hbond substituents is 1. The molecule has 0 bridgehead atoms. The zero-order valence-corrected chi connectivity index (χ0v) is 11.6. The Balaban J connectivity index is 2.34. The predicted octanol–water partition coefficient (Wildman–Crippen LogP) is 4.09. The van der Waals surface area contributed by atoms with Crippen molar-refractivity contribution in [2.24, 2.45) is 0 Å². The minimum Gasteiger partial charge on any atom is -0.507 e. The Morgan fingerprint density at radius 3 is 2.89 bits per heavy atom. The van der Waals surface area contributed by atoms with E-state index in [4.69, 9.17) is 11.6 Å². The second-order valence-corrected chi connectivity index (χ2v) is 4.99. The molecule has 1 aliphatic carbocycles. The number of allylic oxidation sites excluding steroid dienone is 4. The highest BCUT2D eigenvalue weighted by atomic mass is 35.5. The largest absolute Gasteiger partial charge is 0.507 e. The van der Waals surface area contributed by atoms with Gasteiger partial charge in [0, 0.05) is 10.6 Å². The molecule has 0 radical (unpaired) electrons. The van der Waals surface area contributed by atoms with Crippen molar-refractivity contribution in [3.63, 3.8) is 0 Å². The molecule has 0 spiro atoms. The van der Waals surface area contributed by atoms with Crippen molar-refractivity contribution in [2.75, 3.05) is 0 Å². The summed E-state index contributed by atoms with van der Waals surface area (Å²) in [5.74, 6) is 0.234. The molecular formula is C16H17ClO2. The molecule has 1 aromatic rings. The lowest BCUT2D eigenvalue weighted by Gasteiger charge is -2.12. The summed E-state index contributed by atoms with van der Waals surface area (Å²) in [6, 6.07) is 5.05. The maximum atomic E-state index is 9.93. The highest BCUT2D eigenvalue weighted by Crippen LogP contribution is 2.31. The van der Waals surface area contributed by atoms with Gasteiger partial charge in [0.2, 0.25) is 0 Å². The van der Waals surface area contributed by atoms with Gasteiger partial charge in [-0.05, 0) is 42.2 Å². The molecule has 0 amide bonds. The minimum atomic E-state index is -0.387. The Morgan fingerprint density at radius 1 is 1.47 bits per heavy atom. The van der Waals surface area contributed by atoms with Crippen LogP contribution in [0, 0.1) is 0 Å². The molecule has 100 valence electrons. The molecule has 19 heavy (non-hydrogen) atoms. The van der Waals surface area contributed by atoms with E-state index in [1.807, 2.05) is 25.2 Å². The van der Waals surface area contributed by atoms with E-state index >= 15 is 0 Å². The summed E-state index contributed by atoms with van der Waals surface area (Å²) in [6.45, 7) is 2.04. The van der Waals surface area contributed by atoms with Gasteiger partial charge in [0.25, 0.3) is 0 Å². The van der Waals surface area contributed by atoms with Crippen LogP contribution in [0.4, 0.5) is 0 Å². The van der Waals surface area contributed by atoms with E-state index < -0.39 is 0 Å². The molecule has 3 heteroatoms. The molecule has 1 unspecified atom stereocenters. The summed E-state index contributed by atoms with van der Waals surface area (Å²) in [4.78, 5) is 0. The van der Waals surface area contributed by atoms with Crippen molar-refractivity contribution in [1.29, 1.82) is 0 Å². The van der Waals surface area contributed by atoms with E-state index in [0.717, 1.165) is 23.1 Å². The quantitative estimate of drug-likeness (QED) is 0.873. The maximum absolute atomic E-state index is 9.93. The van der Waals surface area contributed by atoms with Crippen LogP contribution >= 0.6 is 11.6 Å². The van der Waals surface area contributed by atoms with E-state index in [-0.39, 0.29) is 11.9 Å². The Kier molecular flexibility index (Phi) is 4.46. The van der Waals surface area contributed by atoms with Gasteiger partial charge in [0.15, 0.2) is 0 Å². The molecule has 1 aliphatic rings.